The van der Waals surface area contributed by atoms with Gasteiger partial charge in [0.1, 0.15) is 11.6 Å². The molecule has 0 heterocycles. The molecule has 0 spiro atoms. The lowest BCUT2D eigenvalue weighted by Crippen LogP contribution is -2.28. The normalized spacial score (nSPS) is 14.4. The Bertz CT molecular complexity index is 409. The summed E-state index contributed by atoms with van der Waals surface area (Å²) in [5.41, 5.74) is 0.426. The number of benzene rings is 1. The molecule has 0 aliphatic heterocycles. The van der Waals surface area contributed by atoms with Gasteiger partial charge in [-0.3, -0.25) is 0 Å². The fourth-order valence-electron chi connectivity index (χ4n) is 2.32. The first-order valence-corrected chi connectivity index (χ1v) is 7.68. The highest BCUT2D eigenvalue weighted by atomic mass is 79.9. The Labute approximate surface area is 122 Å². The molecule has 108 valence electrons. The molecule has 0 bridgehead atoms. The van der Waals surface area contributed by atoms with E-state index in [-0.39, 0.29) is 22.2 Å². The molecule has 19 heavy (non-hydrogen) atoms. The van der Waals surface area contributed by atoms with Gasteiger partial charge in [0.2, 0.25) is 0 Å². The van der Waals surface area contributed by atoms with E-state index in [0.29, 0.717) is 5.56 Å². The van der Waals surface area contributed by atoms with Gasteiger partial charge >= 0.3 is 0 Å². The monoisotopic (exact) mass is 333 g/mol. The molecule has 0 radical (unpaired) electrons. The highest BCUT2D eigenvalue weighted by Gasteiger charge is 2.22. The summed E-state index contributed by atoms with van der Waals surface area (Å²) in [4.78, 5) is 0. The summed E-state index contributed by atoms with van der Waals surface area (Å²) in [6.45, 7) is 7.05. The Balaban J connectivity index is 3.05. The molecule has 0 aliphatic rings. The van der Waals surface area contributed by atoms with Crippen LogP contribution in [-0.2, 0) is 0 Å². The molecule has 1 rings (SSSR count). The first kappa shape index (κ1) is 16.6. The van der Waals surface area contributed by atoms with Crippen LogP contribution in [0.2, 0.25) is 0 Å². The molecule has 0 amide bonds. The van der Waals surface area contributed by atoms with E-state index in [1.54, 1.807) is 0 Å². The third-order valence-electron chi connectivity index (χ3n) is 3.30. The van der Waals surface area contributed by atoms with Crippen molar-refractivity contribution in [3.8, 4) is 0 Å². The molecule has 1 N–H and O–H groups in total. The summed E-state index contributed by atoms with van der Waals surface area (Å²) in [5.74, 6) is -0.500. The maximum absolute atomic E-state index is 14.1. The largest absolute Gasteiger partial charge is 0.310 e. The van der Waals surface area contributed by atoms with Crippen molar-refractivity contribution in [3.63, 3.8) is 0 Å². The predicted molar refractivity (Wildman–Crippen MR) is 79.2 cm³/mol. The van der Waals surface area contributed by atoms with Crippen LogP contribution in [0.25, 0.3) is 0 Å². The molecule has 1 nitrogen and oxygen atoms in total. The lowest BCUT2D eigenvalue weighted by molar-refractivity contribution is 0.352. The maximum Gasteiger partial charge on any atom is 0.137 e. The van der Waals surface area contributed by atoms with Gasteiger partial charge in [-0.15, -0.1) is 0 Å². The lowest BCUT2D eigenvalue weighted by Gasteiger charge is -2.26. The van der Waals surface area contributed by atoms with Crippen LogP contribution in [0.15, 0.2) is 16.6 Å². The van der Waals surface area contributed by atoms with E-state index in [1.807, 2.05) is 0 Å². The zero-order valence-corrected chi connectivity index (χ0v) is 13.4. The fraction of sp³-hybridized carbons (Fsp3) is 0.600. The molecule has 4 heteroatoms. The number of hydrogen-bond donors (Lipinski definition) is 1. The fourth-order valence-corrected chi connectivity index (χ4v) is 2.63. The molecule has 1 aromatic carbocycles. The SMILES string of the molecule is CCCNC(c1cc(F)c(Br)cc1F)C(C)CCC. The molecule has 2 atom stereocenters. The highest BCUT2D eigenvalue weighted by Crippen LogP contribution is 2.30. The van der Waals surface area contributed by atoms with Gasteiger partial charge in [0, 0.05) is 11.6 Å². The number of halogens is 3. The summed E-state index contributed by atoms with van der Waals surface area (Å²) in [5, 5.41) is 3.34. The average molecular weight is 334 g/mol. The van der Waals surface area contributed by atoms with E-state index in [4.69, 9.17) is 0 Å². The Morgan fingerprint density at radius 3 is 2.42 bits per heavy atom. The topological polar surface area (TPSA) is 12.0 Å². The van der Waals surface area contributed by atoms with Crippen LogP contribution >= 0.6 is 15.9 Å². The Hall–Kier alpha value is -0.480. The molecule has 0 saturated carbocycles. The minimum absolute atomic E-state index is 0.137. The van der Waals surface area contributed by atoms with Crippen LogP contribution in [0.4, 0.5) is 8.78 Å². The van der Waals surface area contributed by atoms with Gasteiger partial charge in [-0.2, -0.15) is 0 Å². The molecular weight excluding hydrogens is 312 g/mol. The Morgan fingerprint density at radius 1 is 1.16 bits per heavy atom. The summed E-state index contributed by atoms with van der Waals surface area (Å²) in [6.07, 6.45) is 2.99. The second-order valence-corrected chi connectivity index (χ2v) is 5.84. The van der Waals surface area contributed by atoms with Crippen LogP contribution < -0.4 is 5.32 Å². The van der Waals surface area contributed by atoms with Gasteiger partial charge in [0.25, 0.3) is 0 Å². The van der Waals surface area contributed by atoms with Crippen molar-refractivity contribution in [2.24, 2.45) is 5.92 Å². The predicted octanol–water partition coefficient (Wildman–Crippen LogP) is 5.20. The van der Waals surface area contributed by atoms with Crippen LogP contribution in [-0.4, -0.2) is 6.54 Å². The minimum atomic E-state index is -0.414. The zero-order chi connectivity index (χ0) is 14.4. The second-order valence-electron chi connectivity index (χ2n) is 4.99. The van der Waals surface area contributed by atoms with E-state index in [9.17, 15) is 8.78 Å². The van der Waals surface area contributed by atoms with Crippen molar-refractivity contribution >= 4 is 15.9 Å². The van der Waals surface area contributed by atoms with Gasteiger partial charge in [0.15, 0.2) is 0 Å². The Morgan fingerprint density at radius 2 is 1.84 bits per heavy atom. The van der Waals surface area contributed by atoms with E-state index >= 15 is 0 Å². The first-order valence-electron chi connectivity index (χ1n) is 6.89. The van der Waals surface area contributed by atoms with Gasteiger partial charge in [0.05, 0.1) is 4.47 Å². The quantitative estimate of drug-likeness (QED) is 0.676. The van der Waals surface area contributed by atoms with Crippen molar-refractivity contribution in [1.29, 1.82) is 0 Å². The van der Waals surface area contributed by atoms with Crippen molar-refractivity contribution in [3.05, 3.63) is 33.8 Å². The van der Waals surface area contributed by atoms with Crippen molar-refractivity contribution in [2.45, 2.75) is 46.1 Å². The zero-order valence-electron chi connectivity index (χ0n) is 11.8. The number of nitrogens with one attached hydrogen (secondary N) is 1. The van der Waals surface area contributed by atoms with E-state index in [0.717, 1.165) is 25.8 Å². The standard InChI is InChI=1S/C15H22BrF2N/c1-4-6-10(3)15(19-7-5-2)11-8-14(18)12(16)9-13(11)17/h8-10,15,19H,4-7H2,1-3H3. The molecular formula is C15H22BrF2N. The Kier molecular flexibility index (Phi) is 6.94. The number of rotatable bonds is 7. The maximum atomic E-state index is 14.1. The van der Waals surface area contributed by atoms with Gasteiger partial charge < -0.3 is 5.32 Å². The molecule has 0 aliphatic carbocycles. The van der Waals surface area contributed by atoms with Crippen LogP contribution in [0, 0.1) is 17.6 Å². The molecule has 2 unspecified atom stereocenters. The summed E-state index contributed by atoms with van der Waals surface area (Å²) in [6, 6.07) is 2.38. The molecule has 0 aromatic heterocycles. The van der Waals surface area contributed by atoms with Crippen molar-refractivity contribution in [1.82, 2.24) is 5.32 Å². The van der Waals surface area contributed by atoms with Crippen LogP contribution in [0.3, 0.4) is 0 Å². The summed E-state index contributed by atoms with van der Waals surface area (Å²) < 4.78 is 27.9. The van der Waals surface area contributed by atoms with Crippen molar-refractivity contribution < 1.29 is 8.78 Å². The number of hydrogen-bond acceptors (Lipinski definition) is 1. The summed E-state index contributed by atoms with van der Waals surface area (Å²) >= 11 is 3.01. The van der Waals surface area contributed by atoms with Gasteiger partial charge in [-0.05, 0) is 53.4 Å². The second kappa shape index (κ2) is 7.95. The van der Waals surface area contributed by atoms with E-state index in [1.165, 1.54) is 12.1 Å². The lowest BCUT2D eigenvalue weighted by atomic mass is 9.90. The summed E-state index contributed by atoms with van der Waals surface area (Å²) in [7, 11) is 0. The third-order valence-corrected chi connectivity index (χ3v) is 3.91. The third kappa shape index (κ3) is 4.53. The van der Waals surface area contributed by atoms with E-state index < -0.39 is 5.82 Å². The van der Waals surface area contributed by atoms with Crippen LogP contribution in [0.5, 0.6) is 0 Å². The molecule has 0 saturated heterocycles. The minimum Gasteiger partial charge on any atom is -0.310 e. The molecule has 0 fully saturated rings. The van der Waals surface area contributed by atoms with E-state index in [2.05, 4.69) is 42.0 Å². The smallest absolute Gasteiger partial charge is 0.137 e. The van der Waals surface area contributed by atoms with Gasteiger partial charge in [-0.1, -0.05) is 27.2 Å². The highest BCUT2D eigenvalue weighted by molar-refractivity contribution is 9.10. The molecule has 1 aromatic rings. The van der Waals surface area contributed by atoms with Crippen molar-refractivity contribution in [2.75, 3.05) is 6.54 Å². The first-order chi connectivity index (χ1) is 9.01. The van der Waals surface area contributed by atoms with Crippen LogP contribution in [0.1, 0.15) is 51.6 Å². The van der Waals surface area contributed by atoms with Gasteiger partial charge in [-0.25, -0.2) is 8.78 Å². The average Bonchev–Trinajstić information content (AvgIpc) is 2.36.